The first-order valence-electron chi connectivity index (χ1n) is 34.7. The number of primary amides is 2. The third kappa shape index (κ3) is 17.9. The largest absolute Gasteiger partial charge is 0.391 e. The number of nitrogens with zero attached hydrogens (tertiary/aromatic N) is 2. The third-order valence-corrected chi connectivity index (χ3v) is 19.4. The second-order valence-electron chi connectivity index (χ2n) is 26.6. The van der Waals surface area contributed by atoms with Crippen molar-refractivity contribution in [1.29, 1.82) is 0 Å². The molecule has 11 rings (SSSR count). The van der Waals surface area contributed by atoms with Crippen LogP contribution in [-0.2, 0) is 89.6 Å². The summed E-state index contributed by atoms with van der Waals surface area (Å²) in [5.74, 6) is -10.5. The molecule has 0 aliphatic carbocycles. The monoisotopic (exact) mass is 1400 g/mol. The molecule has 16 N–H and O–H groups in total. The molecule has 0 spiro atoms. The second-order valence-corrected chi connectivity index (χ2v) is 26.6. The van der Waals surface area contributed by atoms with Crippen LogP contribution >= 0.6 is 0 Å². The van der Waals surface area contributed by atoms with Crippen LogP contribution in [0.1, 0.15) is 86.1 Å². The summed E-state index contributed by atoms with van der Waals surface area (Å²) in [6.07, 6.45) is 1.46. The number of H-pyrrole nitrogens is 3. The van der Waals surface area contributed by atoms with Crippen molar-refractivity contribution in [2.24, 2.45) is 11.5 Å². The zero-order valence-electron chi connectivity index (χ0n) is 56.8. The van der Waals surface area contributed by atoms with Gasteiger partial charge in [0.2, 0.25) is 70.9 Å². The predicted molar refractivity (Wildman–Crippen MR) is 380 cm³/mol. The highest BCUT2D eigenvalue weighted by Gasteiger charge is 2.44. The number of carbonyl (C=O) groups excluding carboxylic acids is 12. The van der Waals surface area contributed by atoms with Crippen molar-refractivity contribution < 1.29 is 62.6 Å². The van der Waals surface area contributed by atoms with E-state index in [0.29, 0.717) is 66.9 Å². The number of aliphatic hydroxyl groups is 1. The zero-order valence-corrected chi connectivity index (χ0v) is 56.8. The van der Waals surface area contributed by atoms with Gasteiger partial charge in [-0.15, -0.1) is 0 Å². The molecule has 6 heterocycles. The van der Waals surface area contributed by atoms with E-state index in [0.717, 1.165) is 0 Å². The molecule has 28 heteroatoms. The van der Waals surface area contributed by atoms with Crippen molar-refractivity contribution in [2.75, 3.05) is 13.1 Å². The van der Waals surface area contributed by atoms with E-state index < -0.39 is 163 Å². The van der Waals surface area contributed by atoms with Crippen LogP contribution in [0.5, 0.6) is 0 Å². The van der Waals surface area contributed by atoms with Gasteiger partial charge in [0.25, 0.3) is 0 Å². The van der Waals surface area contributed by atoms with E-state index in [1.807, 2.05) is 36.4 Å². The van der Waals surface area contributed by atoms with Gasteiger partial charge in [-0.1, -0.05) is 115 Å². The van der Waals surface area contributed by atoms with Gasteiger partial charge in [0.15, 0.2) is 0 Å². The van der Waals surface area contributed by atoms with Crippen LogP contribution < -0.4 is 54.0 Å². The van der Waals surface area contributed by atoms with E-state index in [1.54, 1.807) is 116 Å². The summed E-state index contributed by atoms with van der Waals surface area (Å²) in [5.41, 5.74) is 16.3. The van der Waals surface area contributed by atoms with Crippen molar-refractivity contribution in [3.63, 3.8) is 0 Å². The molecule has 3 aliphatic rings. The first-order chi connectivity index (χ1) is 49.7. The highest BCUT2D eigenvalue weighted by Crippen LogP contribution is 2.27. The molecule has 28 nitrogen and oxygen atoms in total. The summed E-state index contributed by atoms with van der Waals surface area (Å²) in [6.45, 7) is 1.22. The Balaban J connectivity index is 0.993. The average molecular weight is 1400 g/mol. The maximum absolute atomic E-state index is 15.5. The first-order valence-corrected chi connectivity index (χ1v) is 34.7. The van der Waals surface area contributed by atoms with Crippen molar-refractivity contribution in [2.45, 2.75) is 157 Å². The molecule has 0 unspecified atom stereocenters. The molecule has 11 atom stereocenters. The van der Waals surface area contributed by atoms with Crippen molar-refractivity contribution >= 4 is 104 Å². The summed E-state index contributed by atoms with van der Waals surface area (Å²) < 4.78 is 0. The summed E-state index contributed by atoms with van der Waals surface area (Å²) >= 11 is 0. The van der Waals surface area contributed by atoms with Gasteiger partial charge in [0.1, 0.15) is 60.4 Å². The summed E-state index contributed by atoms with van der Waals surface area (Å²) in [7, 11) is 0. The Morgan fingerprint density at radius 2 is 0.709 bits per heavy atom. The van der Waals surface area contributed by atoms with Crippen LogP contribution in [0.25, 0.3) is 32.7 Å². The normalized spacial score (nSPS) is 23.7. The molecular weight excluding hydrogens is 1320 g/mol. The van der Waals surface area contributed by atoms with Crippen LogP contribution in [0.15, 0.2) is 152 Å². The average Bonchev–Trinajstić information content (AvgIpc) is 1.75. The van der Waals surface area contributed by atoms with Crippen LogP contribution in [0, 0.1) is 0 Å². The number of para-hydroxylation sites is 3. The SMILES string of the molecule is C[C@@H](O)[C@@H]1NC(=O)[C@@H]2CCCN2C(=O)[C@@H](Cc2ccccc2)NC(=O)[C@H](Cc2c[nH]c3ccccc23)NC(=O)[C@H](CCC(N)=O)NC(=O)[C@H](Cc2c[nH]c3ccccc23)NC(=O)[C@@H]2CCCN2C(=O)[C@@H](Cc2ccccc2)NC(=O)[C@H](Cc2c[nH]c3ccccc23)NC(=O)[C@H](CCC(N)=O)NC1=O. The molecule has 8 aromatic rings. The van der Waals surface area contributed by atoms with Gasteiger partial charge in [-0.05, 0) is 91.5 Å². The van der Waals surface area contributed by atoms with E-state index in [-0.39, 0.29) is 64.5 Å². The zero-order chi connectivity index (χ0) is 72.8. The van der Waals surface area contributed by atoms with Gasteiger partial charge in [-0.3, -0.25) is 57.5 Å². The topological polar surface area (TPSA) is 427 Å². The molecule has 5 aromatic carbocycles. The maximum Gasteiger partial charge on any atom is 0.246 e. The van der Waals surface area contributed by atoms with Crippen molar-refractivity contribution in [3.05, 3.63) is 180 Å². The molecule has 12 amide bonds. The highest BCUT2D eigenvalue weighted by atomic mass is 16.3. The Hall–Kier alpha value is -11.7. The Kier molecular flexibility index (Phi) is 23.4. The standard InChI is InChI=1S/C75H85N15O13/c1-42(91)65-73(101)82-55(29-31-64(77)93)67(95)84-57(37-46-40-79-52-24-12-9-21-49(46)52)70(98)86-59(34-43-16-4-2-5-17-43)74(102)89-32-14-26-61(89)71(99)85-58(38-47-41-80-53-25-13-10-22-50(47)53)68(96)81-54(28-30-63(76)92)66(94)83-56(36-45-39-78-51-23-11-8-20-48(45)51)69(97)87-60(35-44-18-6-3-7-19-44)75(103)90-33-15-27-62(90)72(100)88-65/h2-13,16-25,39-42,54-62,65,78-80,91H,14-15,26-38H2,1H3,(H2,76,92)(H2,77,93)(H,81,96)(H,82,101)(H,83,94)(H,84,95)(H,85,99)(H,86,98)(H,87,97)(H,88,100)/t42-,54+,55+,56+,57+,58+,59-,60-,61+,62+,65+/m1/s1. The highest BCUT2D eigenvalue weighted by molar-refractivity contribution is 6.01. The number of rotatable bonds is 17. The lowest BCUT2D eigenvalue weighted by Gasteiger charge is -2.32. The van der Waals surface area contributed by atoms with E-state index in [1.165, 1.54) is 16.7 Å². The van der Waals surface area contributed by atoms with Gasteiger partial charge in [-0.2, -0.15) is 0 Å². The smallest absolute Gasteiger partial charge is 0.246 e. The molecule has 3 saturated heterocycles. The number of hydrogen-bond donors (Lipinski definition) is 14. The summed E-state index contributed by atoms with van der Waals surface area (Å²) in [4.78, 5) is 189. The number of carbonyl (C=O) groups is 12. The maximum atomic E-state index is 15.5. The van der Waals surface area contributed by atoms with E-state index in [9.17, 15) is 29.1 Å². The molecular formula is C75H85N15O13. The molecule has 3 fully saturated rings. The lowest BCUT2D eigenvalue weighted by atomic mass is 10.00. The second kappa shape index (κ2) is 33.2. The van der Waals surface area contributed by atoms with Crippen LogP contribution in [-0.4, -0.2) is 180 Å². The third-order valence-electron chi connectivity index (χ3n) is 19.4. The number of amides is 12. The number of aliphatic hydroxyl groups excluding tert-OH is 1. The minimum absolute atomic E-state index is 0.00907. The molecule has 3 aliphatic heterocycles. The van der Waals surface area contributed by atoms with Crippen molar-refractivity contribution in [1.82, 2.24) is 67.3 Å². The number of nitrogens with one attached hydrogen (secondary N) is 11. The van der Waals surface area contributed by atoms with E-state index >= 15 is 33.6 Å². The van der Waals surface area contributed by atoms with Gasteiger partial charge in [-0.25, -0.2) is 0 Å². The number of fused-ring (bicyclic) bond motifs is 5. The molecule has 0 saturated carbocycles. The van der Waals surface area contributed by atoms with Crippen LogP contribution in [0.2, 0.25) is 0 Å². The molecule has 0 radical (unpaired) electrons. The summed E-state index contributed by atoms with van der Waals surface area (Å²) in [5, 5.41) is 35.5. The van der Waals surface area contributed by atoms with Crippen molar-refractivity contribution in [3.8, 4) is 0 Å². The molecule has 0 bridgehead atoms. The minimum atomic E-state index is -1.81. The number of benzene rings is 5. The Labute approximate surface area is 592 Å². The molecule has 103 heavy (non-hydrogen) atoms. The van der Waals surface area contributed by atoms with Gasteiger partial charge >= 0.3 is 0 Å². The van der Waals surface area contributed by atoms with Gasteiger partial charge < -0.3 is 83.9 Å². The Bertz CT molecular complexity index is 4460. The van der Waals surface area contributed by atoms with E-state index in [4.69, 9.17) is 11.5 Å². The predicted octanol–water partition coefficient (Wildman–Crippen LogP) is 1.43. The lowest BCUT2D eigenvalue weighted by Crippen LogP contribution is -2.62. The fourth-order valence-corrected chi connectivity index (χ4v) is 14.0. The van der Waals surface area contributed by atoms with Gasteiger partial charge in [0.05, 0.1) is 6.10 Å². The number of nitrogens with two attached hydrogens (primary N) is 2. The minimum Gasteiger partial charge on any atom is -0.391 e. The number of aromatic nitrogens is 3. The molecule has 3 aromatic heterocycles. The fourth-order valence-electron chi connectivity index (χ4n) is 14.0. The first kappa shape index (κ1) is 72.6. The Morgan fingerprint density at radius 1 is 0.398 bits per heavy atom. The van der Waals surface area contributed by atoms with Gasteiger partial charge in [0, 0.05) is 109 Å². The molecule has 538 valence electrons. The summed E-state index contributed by atoms with van der Waals surface area (Å²) in [6, 6.07) is 24.0. The Morgan fingerprint density at radius 3 is 1.08 bits per heavy atom. The quantitative estimate of drug-likeness (QED) is 0.0615. The van der Waals surface area contributed by atoms with Crippen LogP contribution in [0.4, 0.5) is 0 Å². The lowest BCUT2D eigenvalue weighted by molar-refractivity contribution is -0.143. The number of aromatic amines is 3. The van der Waals surface area contributed by atoms with E-state index in [2.05, 4.69) is 57.5 Å². The fraction of sp³-hybridized carbons (Fsp3) is 0.360. The number of hydrogen-bond acceptors (Lipinski definition) is 13. The van der Waals surface area contributed by atoms with Crippen LogP contribution in [0.3, 0.4) is 0 Å².